The first-order valence-corrected chi connectivity index (χ1v) is 13.1. The van der Waals surface area contributed by atoms with Crippen LogP contribution < -0.4 is 15.8 Å². The Kier molecular flexibility index (Phi) is 15.6. The van der Waals surface area contributed by atoms with Crippen molar-refractivity contribution in [3.05, 3.63) is 42.5 Å². The fourth-order valence-electron chi connectivity index (χ4n) is 3.43. The number of unbranched alkanes of at least 4 members (excludes halogenated alkanes) is 2. The molecule has 7 nitrogen and oxygen atoms in total. The molecule has 35 heavy (non-hydrogen) atoms. The fraction of sp³-hybridized carbons (Fsp3) is 0.417. The Morgan fingerprint density at radius 1 is 1.06 bits per heavy atom. The molecule has 1 heterocycles. The molecule has 0 bridgehead atoms. The van der Waals surface area contributed by atoms with Gasteiger partial charge in [0, 0.05) is 11.3 Å². The Morgan fingerprint density at radius 3 is 2.54 bits per heavy atom. The average Bonchev–Trinajstić information content (AvgIpc) is 3.25. The molecule has 0 spiro atoms. The number of fused-ring (bicyclic) bond motifs is 1. The third-order valence-corrected chi connectivity index (χ3v) is 6.63. The van der Waals surface area contributed by atoms with Gasteiger partial charge in [-0.05, 0) is 75.3 Å². The molecular formula is C24H30N4O3S3Tc. The van der Waals surface area contributed by atoms with Gasteiger partial charge in [0.2, 0.25) is 5.91 Å². The van der Waals surface area contributed by atoms with Gasteiger partial charge >= 0.3 is 20.1 Å². The maximum absolute atomic E-state index is 11.9. The van der Waals surface area contributed by atoms with Crippen LogP contribution in [0.1, 0.15) is 19.3 Å². The molecular weight excluding hydrogens is 587 g/mol. The van der Waals surface area contributed by atoms with Crippen LogP contribution in [0.25, 0.3) is 20.8 Å². The second-order valence-electron chi connectivity index (χ2n) is 7.69. The number of benzene rings is 2. The maximum atomic E-state index is 11.9. The summed E-state index contributed by atoms with van der Waals surface area (Å²) in [5, 5.41) is 3.79. The van der Waals surface area contributed by atoms with Crippen molar-refractivity contribution in [3.8, 4) is 16.3 Å². The molecule has 11 heteroatoms. The Hall–Kier alpha value is -1.33. The number of rotatable bonds is 14. The van der Waals surface area contributed by atoms with Crippen LogP contribution in [0.5, 0.6) is 5.75 Å². The molecule has 0 aliphatic rings. The number of nitrogens with two attached hydrogens (primary N) is 1. The summed E-state index contributed by atoms with van der Waals surface area (Å²) in [6.07, 6.45) is 2.97. The molecule has 0 fully saturated rings. The van der Waals surface area contributed by atoms with Gasteiger partial charge in [-0.1, -0.05) is 6.07 Å². The number of thiazole rings is 1. The van der Waals surface area contributed by atoms with E-state index in [1.165, 1.54) is 0 Å². The summed E-state index contributed by atoms with van der Waals surface area (Å²) < 4.78 is 7.16. The summed E-state index contributed by atoms with van der Waals surface area (Å²) in [5.41, 5.74) is 8.54. The van der Waals surface area contributed by atoms with Crippen molar-refractivity contribution in [1.29, 1.82) is 0 Å². The Morgan fingerprint density at radius 2 is 1.83 bits per heavy atom. The molecule has 0 aliphatic carbocycles. The van der Waals surface area contributed by atoms with Crippen LogP contribution in [-0.2, 0) is 55.6 Å². The predicted octanol–water partition coefficient (Wildman–Crippen LogP) is 3.49. The van der Waals surface area contributed by atoms with E-state index in [0.717, 1.165) is 64.6 Å². The summed E-state index contributed by atoms with van der Waals surface area (Å²) in [4.78, 5) is 18.8. The number of nitrogen functional groups attached to an aromatic ring is 1. The maximum Gasteiger partial charge on any atom is 4.00 e. The van der Waals surface area contributed by atoms with Gasteiger partial charge in [-0.3, -0.25) is 9.69 Å². The molecule has 3 N–H and O–H groups in total. The second kappa shape index (κ2) is 17.2. The van der Waals surface area contributed by atoms with E-state index in [2.05, 4.69) is 10.2 Å². The summed E-state index contributed by atoms with van der Waals surface area (Å²) in [7, 11) is 0. The molecule has 1 amide bonds. The molecule has 1 aromatic heterocycles. The van der Waals surface area contributed by atoms with E-state index < -0.39 is 0 Å². The van der Waals surface area contributed by atoms with Crippen LogP contribution in [0.15, 0.2) is 42.5 Å². The first-order valence-electron chi connectivity index (χ1n) is 11.1. The number of ether oxygens (including phenoxy) is 1. The van der Waals surface area contributed by atoms with Crippen LogP contribution in [0.3, 0.4) is 0 Å². The SMILES string of the molecule is Nc1ccc(-c2nc3cccc(OCCCCCN(CC[S-])CC(=O)NCC[S-])c3s2)cc1.[99Tc+4].[O-2]. The molecule has 3 aromatic rings. The summed E-state index contributed by atoms with van der Waals surface area (Å²) in [6, 6.07) is 13.8. The van der Waals surface area contributed by atoms with Gasteiger partial charge in [0.1, 0.15) is 10.8 Å². The minimum absolute atomic E-state index is 0. The largest absolute Gasteiger partial charge is 4.00 e. The molecule has 0 aliphatic heterocycles. The molecule has 3 rings (SSSR count). The number of amides is 1. The average molecular weight is 618 g/mol. The Balaban J connectivity index is 0.00000306. The van der Waals surface area contributed by atoms with Crippen LogP contribution in [0, 0.1) is 0 Å². The van der Waals surface area contributed by atoms with Crippen molar-refractivity contribution >= 4 is 58.4 Å². The van der Waals surface area contributed by atoms with Gasteiger partial charge in [-0.2, -0.15) is 11.5 Å². The third kappa shape index (κ3) is 10.3. The number of carbonyl (C=O) groups is 1. The number of carbonyl (C=O) groups excluding carboxylic acids is 1. The number of hydrogen-bond acceptors (Lipinski definition) is 8. The number of nitrogens with zero attached hydrogens (tertiary/aromatic N) is 2. The number of aromatic nitrogens is 1. The van der Waals surface area contributed by atoms with Crippen LogP contribution in [0.4, 0.5) is 5.69 Å². The predicted molar refractivity (Wildman–Crippen MR) is 143 cm³/mol. The molecule has 0 atom stereocenters. The van der Waals surface area contributed by atoms with E-state index in [-0.39, 0.29) is 31.5 Å². The van der Waals surface area contributed by atoms with E-state index in [1.807, 2.05) is 42.5 Å². The van der Waals surface area contributed by atoms with Gasteiger partial charge < -0.3 is 46.5 Å². The smallest absolute Gasteiger partial charge is 2.00 e. The summed E-state index contributed by atoms with van der Waals surface area (Å²) in [5.74, 6) is 2.04. The summed E-state index contributed by atoms with van der Waals surface area (Å²) in [6.45, 7) is 3.17. The molecule has 189 valence electrons. The number of nitrogens with one attached hydrogen (secondary N) is 1. The Labute approximate surface area is 235 Å². The zero-order valence-electron chi connectivity index (χ0n) is 19.4. The van der Waals surface area contributed by atoms with E-state index in [0.29, 0.717) is 31.2 Å². The number of anilines is 1. The topological polar surface area (TPSA) is 109 Å². The van der Waals surface area contributed by atoms with Crippen molar-refractivity contribution < 1.29 is 35.1 Å². The van der Waals surface area contributed by atoms with Gasteiger partial charge in [-0.15, -0.1) is 11.3 Å². The monoisotopic (exact) mass is 617 g/mol. The first-order chi connectivity index (χ1) is 16.1. The van der Waals surface area contributed by atoms with Gasteiger partial charge in [0.05, 0.1) is 23.4 Å². The van der Waals surface area contributed by atoms with Gasteiger partial charge in [0.15, 0.2) is 0 Å². The molecule has 0 unspecified atom stereocenters. The zero-order chi connectivity index (χ0) is 23.5. The van der Waals surface area contributed by atoms with E-state index in [9.17, 15) is 4.79 Å². The third-order valence-electron chi connectivity index (χ3n) is 5.11. The van der Waals surface area contributed by atoms with Crippen molar-refractivity contribution in [2.24, 2.45) is 0 Å². The van der Waals surface area contributed by atoms with Crippen LogP contribution in [0.2, 0.25) is 0 Å². The Bertz CT molecular complexity index is 1020. The van der Waals surface area contributed by atoms with Gasteiger partial charge in [0.25, 0.3) is 0 Å². The molecule has 0 saturated heterocycles. The van der Waals surface area contributed by atoms with E-state index in [1.54, 1.807) is 11.3 Å². The van der Waals surface area contributed by atoms with Crippen molar-refractivity contribution in [2.45, 2.75) is 19.3 Å². The van der Waals surface area contributed by atoms with E-state index in [4.69, 9.17) is 40.7 Å². The molecule has 2 aromatic carbocycles. The minimum atomic E-state index is 0. The number of hydrogen-bond donors (Lipinski definition) is 2. The first kappa shape index (κ1) is 31.7. The van der Waals surface area contributed by atoms with Crippen molar-refractivity contribution in [2.75, 3.05) is 50.0 Å². The van der Waals surface area contributed by atoms with Crippen molar-refractivity contribution in [1.82, 2.24) is 15.2 Å². The normalized spacial score (nSPS) is 10.6. The fourth-order valence-corrected chi connectivity index (χ4v) is 4.83. The minimum Gasteiger partial charge on any atom is -2.00 e. The second-order valence-corrected chi connectivity index (χ2v) is 9.50. The molecule has 1 radical (unpaired) electrons. The molecule has 0 saturated carbocycles. The van der Waals surface area contributed by atoms with Crippen LogP contribution >= 0.6 is 11.3 Å². The van der Waals surface area contributed by atoms with Gasteiger partial charge in [-0.25, -0.2) is 4.98 Å². The quantitative estimate of drug-likeness (QED) is 0.162. The summed E-state index contributed by atoms with van der Waals surface area (Å²) >= 11 is 11.6. The standard InChI is InChI=1S/C24H32N4O2S3.O.Tc/c25-19-9-7-18(8-10-19)24-27-20-5-4-6-21(23(20)33-24)30-14-3-1-2-12-28(13-16-32)17-22(29)26-11-15-31;;/h4-10,31-32H,1-3,11-17,25H2,(H,26,29);;/q;-2;+4/p-2/i;;1+1. The zero-order valence-corrected chi connectivity index (χ0v) is 23.7. The van der Waals surface area contributed by atoms with Crippen molar-refractivity contribution in [3.63, 3.8) is 0 Å². The van der Waals surface area contributed by atoms with E-state index >= 15 is 0 Å². The van der Waals surface area contributed by atoms with Crippen LogP contribution in [-0.4, -0.2) is 60.1 Å².